The molecule has 0 bridgehead atoms. The van der Waals surface area contributed by atoms with Crippen LogP contribution in [0.2, 0.25) is 0 Å². The molecule has 1 fully saturated rings. The summed E-state index contributed by atoms with van der Waals surface area (Å²) in [6.45, 7) is 2.61. The zero-order chi connectivity index (χ0) is 15.2. The molecular formula is C16H18N2O3. The third kappa shape index (κ3) is 3.78. The van der Waals surface area contributed by atoms with Gasteiger partial charge in [0.25, 0.3) is 0 Å². The fourth-order valence-electron chi connectivity index (χ4n) is 2.11. The van der Waals surface area contributed by atoms with Crippen molar-refractivity contribution in [3.8, 4) is 0 Å². The normalized spacial score (nSPS) is 21.0. The van der Waals surface area contributed by atoms with Gasteiger partial charge in [-0.3, -0.25) is 14.4 Å². The molecule has 5 heteroatoms. The van der Waals surface area contributed by atoms with Crippen LogP contribution in [0.5, 0.6) is 0 Å². The molecule has 0 aromatic carbocycles. The third-order valence-electron chi connectivity index (χ3n) is 3.40. The van der Waals surface area contributed by atoms with Gasteiger partial charge in [-0.15, -0.1) is 0 Å². The van der Waals surface area contributed by atoms with Gasteiger partial charge < -0.3 is 10.2 Å². The first kappa shape index (κ1) is 15.0. The molecule has 1 N–H and O–H groups in total. The van der Waals surface area contributed by atoms with Gasteiger partial charge in [0.1, 0.15) is 5.82 Å². The van der Waals surface area contributed by atoms with Crippen LogP contribution in [0.1, 0.15) is 19.8 Å². The van der Waals surface area contributed by atoms with E-state index in [9.17, 15) is 14.4 Å². The highest BCUT2D eigenvalue weighted by molar-refractivity contribution is 5.99. The lowest BCUT2D eigenvalue weighted by Gasteiger charge is -2.37. The number of allylic oxidation sites excluding steroid dienone is 5. The second kappa shape index (κ2) is 6.83. The zero-order valence-corrected chi connectivity index (χ0v) is 11.9. The van der Waals surface area contributed by atoms with E-state index in [1.165, 1.54) is 18.2 Å². The number of carbonyl (C=O) groups excluding carboxylic acids is 3. The van der Waals surface area contributed by atoms with Gasteiger partial charge in [-0.2, -0.15) is 0 Å². The second-order valence-corrected chi connectivity index (χ2v) is 4.84. The van der Waals surface area contributed by atoms with Gasteiger partial charge in [0.2, 0.25) is 5.91 Å². The number of amides is 1. The Balaban J connectivity index is 1.77. The Kier molecular flexibility index (Phi) is 4.87. The molecule has 2 aliphatic rings. The van der Waals surface area contributed by atoms with E-state index in [0.29, 0.717) is 12.2 Å². The van der Waals surface area contributed by atoms with Crippen molar-refractivity contribution in [3.05, 3.63) is 48.4 Å². The molecule has 1 amide bonds. The lowest BCUT2D eigenvalue weighted by Crippen LogP contribution is -2.49. The van der Waals surface area contributed by atoms with Crippen LogP contribution in [0.4, 0.5) is 0 Å². The smallest absolute Gasteiger partial charge is 0.249 e. The lowest BCUT2D eigenvalue weighted by atomic mass is 10.0. The first-order chi connectivity index (χ1) is 10.1. The van der Waals surface area contributed by atoms with E-state index in [0.717, 1.165) is 13.0 Å². The fourth-order valence-corrected chi connectivity index (χ4v) is 2.11. The Morgan fingerprint density at radius 1 is 1.29 bits per heavy atom. The molecule has 2 aliphatic heterocycles. The van der Waals surface area contributed by atoms with Crippen molar-refractivity contribution in [2.45, 2.75) is 25.8 Å². The predicted octanol–water partition coefficient (Wildman–Crippen LogP) is 1.25. The summed E-state index contributed by atoms with van der Waals surface area (Å²) < 4.78 is 0. The number of rotatable bonds is 6. The number of hydrogen-bond acceptors (Lipinski definition) is 4. The Hall–Kier alpha value is -2.43. The monoisotopic (exact) mass is 286 g/mol. The Morgan fingerprint density at radius 2 is 2.00 bits per heavy atom. The number of hydrogen-bond donors (Lipinski definition) is 1. The van der Waals surface area contributed by atoms with E-state index < -0.39 is 0 Å². The van der Waals surface area contributed by atoms with Gasteiger partial charge in [0.05, 0.1) is 6.04 Å². The average molecular weight is 286 g/mol. The molecule has 110 valence electrons. The van der Waals surface area contributed by atoms with Crippen molar-refractivity contribution in [1.29, 1.82) is 0 Å². The SMILES string of the molecule is CCC(=O)/C=C/C=C/C=C/C(=O)NC1=CC(=O)C2CCN12. The summed E-state index contributed by atoms with van der Waals surface area (Å²) in [7, 11) is 0. The first-order valence-electron chi connectivity index (χ1n) is 6.99. The van der Waals surface area contributed by atoms with Crippen LogP contribution in [-0.2, 0) is 14.4 Å². The van der Waals surface area contributed by atoms with Crippen LogP contribution in [0.3, 0.4) is 0 Å². The predicted molar refractivity (Wildman–Crippen MR) is 79.1 cm³/mol. The minimum absolute atomic E-state index is 0.0586. The standard InChI is InChI=1S/C16H18N2O3/c1-2-12(19)7-5-3-4-6-8-16(21)17-15-11-14(20)13-9-10-18(13)15/h3-8,11,13H,2,9-10H2,1H3,(H,17,21)/b4-3+,7-5+,8-6+. The van der Waals surface area contributed by atoms with Gasteiger partial charge in [0.15, 0.2) is 11.6 Å². The quantitative estimate of drug-likeness (QED) is 0.589. The molecule has 0 spiro atoms. The highest BCUT2D eigenvalue weighted by Crippen LogP contribution is 2.28. The first-order valence-corrected chi connectivity index (χ1v) is 6.99. The highest BCUT2D eigenvalue weighted by atomic mass is 16.2. The van der Waals surface area contributed by atoms with Gasteiger partial charge in [0, 0.05) is 25.1 Å². The van der Waals surface area contributed by atoms with E-state index in [4.69, 9.17) is 0 Å². The lowest BCUT2D eigenvalue weighted by molar-refractivity contribution is -0.121. The van der Waals surface area contributed by atoms with Crippen LogP contribution < -0.4 is 5.32 Å². The van der Waals surface area contributed by atoms with E-state index >= 15 is 0 Å². The molecule has 1 unspecified atom stereocenters. The topological polar surface area (TPSA) is 66.5 Å². The van der Waals surface area contributed by atoms with Crippen LogP contribution in [0.15, 0.2) is 48.4 Å². The molecule has 2 heterocycles. The Labute approximate surface area is 123 Å². The average Bonchev–Trinajstić information content (AvgIpc) is 2.60. The summed E-state index contributed by atoms with van der Waals surface area (Å²) in [5, 5.41) is 2.69. The summed E-state index contributed by atoms with van der Waals surface area (Å²) in [6, 6.07) is -0.0644. The summed E-state index contributed by atoms with van der Waals surface area (Å²) in [5.41, 5.74) is 0. The maximum absolute atomic E-state index is 11.7. The molecule has 0 aromatic heterocycles. The summed E-state index contributed by atoms with van der Waals surface area (Å²) in [4.78, 5) is 36.1. The fraction of sp³-hybridized carbons (Fsp3) is 0.312. The van der Waals surface area contributed by atoms with Crippen molar-refractivity contribution in [2.24, 2.45) is 0 Å². The maximum atomic E-state index is 11.7. The maximum Gasteiger partial charge on any atom is 0.249 e. The van der Waals surface area contributed by atoms with Gasteiger partial charge in [-0.05, 0) is 12.5 Å². The van der Waals surface area contributed by atoms with Crippen LogP contribution in [-0.4, -0.2) is 35.0 Å². The van der Waals surface area contributed by atoms with Crippen LogP contribution in [0.25, 0.3) is 0 Å². The molecular weight excluding hydrogens is 268 g/mol. The zero-order valence-electron chi connectivity index (χ0n) is 11.9. The molecule has 1 atom stereocenters. The third-order valence-corrected chi connectivity index (χ3v) is 3.40. The largest absolute Gasteiger partial charge is 0.347 e. The molecule has 21 heavy (non-hydrogen) atoms. The summed E-state index contributed by atoms with van der Waals surface area (Å²) in [5.74, 6) is 0.428. The molecule has 2 rings (SSSR count). The number of carbonyl (C=O) groups is 3. The molecule has 1 saturated heterocycles. The number of fused-ring (bicyclic) bond motifs is 1. The minimum atomic E-state index is -0.278. The number of nitrogens with one attached hydrogen (secondary N) is 1. The molecule has 0 aromatic rings. The number of nitrogens with zero attached hydrogens (tertiary/aromatic N) is 1. The van der Waals surface area contributed by atoms with Crippen molar-refractivity contribution in [1.82, 2.24) is 10.2 Å². The van der Waals surface area contributed by atoms with Gasteiger partial charge in [-0.1, -0.05) is 31.2 Å². The van der Waals surface area contributed by atoms with Crippen molar-refractivity contribution in [2.75, 3.05) is 6.54 Å². The van der Waals surface area contributed by atoms with Crippen LogP contribution in [0, 0.1) is 0 Å². The summed E-state index contributed by atoms with van der Waals surface area (Å²) >= 11 is 0. The number of ketones is 2. The Morgan fingerprint density at radius 3 is 2.57 bits per heavy atom. The van der Waals surface area contributed by atoms with Crippen LogP contribution >= 0.6 is 0 Å². The second-order valence-electron chi connectivity index (χ2n) is 4.84. The Bertz CT molecular complexity index is 570. The summed E-state index contributed by atoms with van der Waals surface area (Å²) in [6.07, 6.45) is 12.3. The van der Waals surface area contributed by atoms with E-state index in [-0.39, 0.29) is 23.5 Å². The minimum Gasteiger partial charge on any atom is -0.347 e. The molecule has 0 aliphatic carbocycles. The van der Waals surface area contributed by atoms with Crippen molar-refractivity contribution in [3.63, 3.8) is 0 Å². The van der Waals surface area contributed by atoms with E-state index in [1.54, 1.807) is 31.2 Å². The highest BCUT2D eigenvalue weighted by Gasteiger charge is 2.40. The van der Waals surface area contributed by atoms with E-state index in [1.807, 2.05) is 4.90 Å². The van der Waals surface area contributed by atoms with Gasteiger partial charge in [-0.25, -0.2) is 0 Å². The molecule has 0 radical (unpaired) electrons. The van der Waals surface area contributed by atoms with Crippen molar-refractivity contribution < 1.29 is 14.4 Å². The van der Waals surface area contributed by atoms with E-state index in [2.05, 4.69) is 5.32 Å². The van der Waals surface area contributed by atoms with Crippen molar-refractivity contribution >= 4 is 17.5 Å². The van der Waals surface area contributed by atoms with Gasteiger partial charge >= 0.3 is 0 Å². The molecule has 5 nitrogen and oxygen atoms in total. The molecule has 0 saturated carbocycles.